The van der Waals surface area contributed by atoms with Gasteiger partial charge in [0.05, 0.1) is 6.04 Å². The fourth-order valence-electron chi connectivity index (χ4n) is 2.88. The van der Waals surface area contributed by atoms with Crippen molar-refractivity contribution in [2.24, 2.45) is 0 Å². The number of rotatable bonds is 4. The SMILES string of the molecule is Cc1ccc([C@@H](NC(=S)Nc2ccc(C)c(C)c2)c2ccccc2)cc1. The Balaban J connectivity index is 1.82. The molecule has 0 saturated carbocycles. The van der Waals surface area contributed by atoms with Crippen LogP contribution in [0.2, 0.25) is 0 Å². The molecule has 0 aromatic heterocycles. The van der Waals surface area contributed by atoms with Crippen molar-refractivity contribution in [3.8, 4) is 0 Å². The maximum absolute atomic E-state index is 5.59. The molecule has 3 aromatic carbocycles. The highest BCUT2D eigenvalue weighted by Gasteiger charge is 2.15. The van der Waals surface area contributed by atoms with E-state index in [0.29, 0.717) is 5.11 Å². The lowest BCUT2D eigenvalue weighted by molar-refractivity contribution is 0.768. The van der Waals surface area contributed by atoms with E-state index in [4.69, 9.17) is 12.2 Å². The molecular formula is C23H24N2S. The first-order chi connectivity index (χ1) is 12.5. The topological polar surface area (TPSA) is 24.1 Å². The van der Waals surface area contributed by atoms with Crippen LogP contribution in [0.1, 0.15) is 33.9 Å². The van der Waals surface area contributed by atoms with Gasteiger partial charge in [-0.3, -0.25) is 0 Å². The molecule has 3 aromatic rings. The van der Waals surface area contributed by atoms with Crippen molar-refractivity contribution in [2.75, 3.05) is 5.32 Å². The van der Waals surface area contributed by atoms with E-state index in [1.807, 2.05) is 6.07 Å². The standard InChI is InChI=1S/C23H24N2S/c1-16-9-12-20(13-10-16)22(19-7-5-4-6-8-19)25-23(26)24-21-14-11-17(2)18(3)15-21/h4-15,22H,1-3H3,(H2,24,25,26)/t22-/m0/s1. The van der Waals surface area contributed by atoms with Crippen LogP contribution in [-0.4, -0.2) is 5.11 Å². The van der Waals surface area contributed by atoms with Gasteiger partial charge in [0.25, 0.3) is 0 Å². The molecule has 0 bridgehead atoms. The fourth-order valence-corrected chi connectivity index (χ4v) is 3.12. The van der Waals surface area contributed by atoms with Gasteiger partial charge in [0.1, 0.15) is 0 Å². The minimum absolute atomic E-state index is 0.00310. The Hall–Kier alpha value is -2.65. The Labute approximate surface area is 161 Å². The Bertz CT molecular complexity index is 886. The van der Waals surface area contributed by atoms with Gasteiger partial charge < -0.3 is 10.6 Å². The molecule has 0 heterocycles. The molecule has 0 radical (unpaired) electrons. The quantitative estimate of drug-likeness (QED) is 0.585. The van der Waals surface area contributed by atoms with Crippen molar-refractivity contribution >= 4 is 23.0 Å². The number of thiocarbonyl (C=S) groups is 1. The van der Waals surface area contributed by atoms with Crippen LogP contribution in [-0.2, 0) is 0 Å². The third-order valence-corrected chi connectivity index (χ3v) is 4.80. The normalized spacial score (nSPS) is 11.7. The molecule has 3 rings (SSSR count). The second kappa shape index (κ2) is 8.15. The van der Waals surface area contributed by atoms with E-state index in [0.717, 1.165) is 5.69 Å². The van der Waals surface area contributed by atoms with Gasteiger partial charge in [0.2, 0.25) is 0 Å². The predicted molar refractivity (Wildman–Crippen MR) is 115 cm³/mol. The minimum Gasteiger partial charge on any atom is -0.352 e. The number of hydrogen-bond donors (Lipinski definition) is 2. The Morgan fingerprint density at radius 1 is 0.769 bits per heavy atom. The summed E-state index contributed by atoms with van der Waals surface area (Å²) in [5.74, 6) is 0. The van der Waals surface area contributed by atoms with Crippen molar-refractivity contribution in [1.82, 2.24) is 5.32 Å². The molecule has 0 fully saturated rings. The van der Waals surface area contributed by atoms with Crippen LogP contribution in [0.3, 0.4) is 0 Å². The summed E-state index contributed by atoms with van der Waals surface area (Å²) >= 11 is 5.59. The summed E-state index contributed by atoms with van der Waals surface area (Å²) in [6.07, 6.45) is 0. The molecule has 2 N–H and O–H groups in total. The highest BCUT2D eigenvalue weighted by Crippen LogP contribution is 2.23. The van der Waals surface area contributed by atoms with Gasteiger partial charge in [-0.15, -0.1) is 0 Å². The predicted octanol–water partition coefficient (Wildman–Crippen LogP) is 5.69. The van der Waals surface area contributed by atoms with E-state index < -0.39 is 0 Å². The van der Waals surface area contributed by atoms with Gasteiger partial charge in [0.15, 0.2) is 5.11 Å². The van der Waals surface area contributed by atoms with Gasteiger partial charge >= 0.3 is 0 Å². The lowest BCUT2D eigenvalue weighted by atomic mass is 9.98. The molecule has 1 atom stereocenters. The first-order valence-electron chi connectivity index (χ1n) is 8.79. The van der Waals surface area contributed by atoms with Gasteiger partial charge in [-0.25, -0.2) is 0 Å². The van der Waals surface area contributed by atoms with E-state index in [2.05, 4.69) is 98.1 Å². The van der Waals surface area contributed by atoms with E-state index in [9.17, 15) is 0 Å². The maximum Gasteiger partial charge on any atom is 0.171 e. The zero-order valence-corrected chi connectivity index (χ0v) is 16.2. The van der Waals surface area contributed by atoms with Gasteiger partial charge in [-0.05, 0) is 67.4 Å². The number of hydrogen-bond acceptors (Lipinski definition) is 1. The highest BCUT2D eigenvalue weighted by atomic mass is 32.1. The third kappa shape index (κ3) is 4.50. The van der Waals surface area contributed by atoms with Crippen molar-refractivity contribution < 1.29 is 0 Å². The molecule has 0 aliphatic heterocycles. The number of nitrogens with one attached hydrogen (secondary N) is 2. The van der Waals surface area contributed by atoms with Crippen LogP contribution in [0.15, 0.2) is 72.8 Å². The second-order valence-corrected chi connectivity index (χ2v) is 7.06. The summed E-state index contributed by atoms with van der Waals surface area (Å²) in [7, 11) is 0. The first-order valence-corrected chi connectivity index (χ1v) is 9.20. The van der Waals surface area contributed by atoms with Crippen LogP contribution in [0, 0.1) is 20.8 Å². The molecule has 0 spiro atoms. The largest absolute Gasteiger partial charge is 0.352 e. The van der Waals surface area contributed by atoms with Crippen molar-refractivity contribution in [1.29, 1.82) is 0 Å². The molecule has 0 saturated heterocycles. The van der Waals surface area contributed by atoms with E-state index in [-0.39, 0.29) is 6.04 Å². The maximum atomic E-state index is 5.59. The average Bonchev–Trinajstić information content (AvgIpc) is 2.64. The third-order valence-electron chi connectivity index (χ3n) is 4.58. The lowest BCUT2D eigenvalue weighted by Crippen LogP contribution is -2.33. The molecule has 2 nitrogen and oxygen atoms in total. The molecule has 0 aliphatic rings. The van der Waals surface area contributed by atoms with Gasteiger partial charge in [-0.1, -0.05) is 66.2 Å². The zero-order valence-electron chi connectivity index (χ0n) is 15.4. The molecule has 0 aliphatic carbocycles. The number of benzene rings is 3. The van der Waals surface area contributed by atoms with Crippen molar-refractivity contribution in [3.05, 3.63) is 101 Å². The summed E-state index contributed by atoms with van der Waals surface area (Å²) in [5.41, 5.74) is 7.14. The molecular weight excluding hydrogens is 336 g/mol. The summed E-state index contributed by atoms with van der Waals surface area (Å²) in [5, 5.41) is 7.40. The van der Waals surface area contributed by atoms with E-state index in [1.54, 1.807) is 0 Å². The van der Waals surface area contributed by atoms with E-state index in [1.165, 1.54) is 27.8 Å². The van der Waals surface area contributed by atoms with Crippen LogP contribution < -0.4 is 10.6 Å². The average molecular weight is 361 g/mol. The summed E-state index contributed by atoms with van der Waals surface area (Å²) < 4.78 is 0. The second-order valence-electron chi connectivity index (χ2n) is 6.65. The Morgan fingerprint density at radius 2 is 1.42 bits per heavy atom. The summed E-state index contributed by atoms with van der Waals surface area (Å²) in [6.45, 7) is 6.31. The van der Waals surface area contributed by atoms with Crippen molar-refractivity contribution in [2.45, 2.75) is 26.8 Å². The molecule has 26 heavy (non-hydrogen) atoms. The highest BCUT2D eigenvalue weighted by molar-refractivity contribution is 7.80. The van der Waals surface area contributed by atoms with Gasteiger partial charge in [0, 0.05) is 5.69 Å². The van der Waals surface area contributed by atoms with Crippen LogP contribution in [0.25, 0.3) is 0 Å². The number of anilines is 1. The Kier molecular flexibility index (Phi) is 5.69. The minimum atomic E-state index is 0.00310. The Morgan fingerprint density at radius 3 is 2.08 bits per heavy atom. The monoisotopic (exact) mass is 360 g/mol. The number of aryl methyl sites for hydroxylation is 3. The molecule has 0 unspecified atom stereocenters. The zero-order chi connectivity index (χ0) is 18.5. The molecule has 0 amide bonds. The smallest absolute Gasteiger partial charge is 0.171 e. The van der Waals surface area contributed by atoms with Crippen molar-refractivity contribution in [3.63, 3.8) is 0 Å². The van der Waals surface area contributed by atoms with Crippen LogP contribution >= 0.6 is 12.2 Å². The molecule has 132 valence electrons. The van der Waals surface area contributed by atoms with Gasteiger partial charge in [-0.2, -0.15) is 0 Å². The summed E-state index contributed by atoms with van der Waals surface area (Å²) in [6, 6.07) is 25.2. The van der Waals surface area contributed by atoms with Crippen LogP contribution in [0.4, 0.5) is 5.69 Å². The van der Waals surface area contributed by atoms with E-state index >= 15 is 0 Å². The fraction of sp³-hybridized carbons (Fsp3) is 0.174. The lowest BCUT2D eigenvalue weighted by Gasteiger charge is -2.22. The summed E-state index contributed by atoms with van der Waals surface area (Å²) in [4.78, 5) is 0. The van der Waals surface area contributed by atoms with Crippen LogP contribution in [0.5, 0.6) is 0 Å². The molecule has 3 heteroatoms. The first kappa shape index (κ1) is 18.2.